The Balaban J connectivity index is 1.58. The first-order valence-electron chi connectivity index (χ1n) is 8.15. The summed E-state index contributed by atoms with van der Waals surface area (Å²) in [4.78, 5) is 14.2. The molecule has 0 bridgehead atoms. The molecule has 7 heteroatoms. The summed E-state index contributed by atoms with van der Waals surface area (Å²) in [6.45, 7) is 2.72. The third-order valence-electron chi connectivity index (χ3n) is 3.99. The van der Waals surface area contributed by atoms with E-state index in [0.717, 1.165) is 11.3 Å². The number of carbonyl (C=O) groups is 1. The van der Waals surface area contributed by atoms with Crippen molar-refractivity contribution in [2.24, 2.45) is 0 Å². The maximum absolute atomic E-state index is 12.8. The summed E-state index contributed by atoms with van der Waals surface area (Å²) in [6.07, 6.45) is 1.74. The highest BCUT2D eigenvalue weighted by atomic mass is 32.1. The number of benzene rings is 2. The van der Waals surface area contributed by atoms with Gasteiger partial charge in [0.25, 0.3) is 5.91 Å². The standard InChI is InChI=1S/C19H16N2O4S/c1-2-23-14-6-4-13(5-7-14)21-18(22)15(20-19(21)26)9-12-3-8-16-17(10-12)25-11-24-16/h3-10H,2,11H2,1H3,(H,20,26). The van der Waals surface area contributed by atoms with Crippen LogP contribution in [-0.2, 0) is 4.79 Å². The second-order valence-corrected chi connectivity index (χ2v) is 6.06. The zero-order valence-electron chi connectivity index (χ0n) is 14.0. The maximum atomic E-state index is 12.8. The van der Waals surface area contributed by atoms with Crippen molar-refractivity contribution in [1.82, 2.24) is 5.32 Å². The largest absolute Gasteiger partial charge is 0.494 e. The van der Waals surface area contributed by atoms with Crippen LogP contribution in [0.1, 0.15) is 12.5 Å². The van der Waals surface area contributed by atoms with Gasteiger partial charge in [0, 0.05) is 0 Å². The summed E-state index contributed by atoms with van der Waals surface area (Å²) in [5.41, 5.74) is 1.91. The first-order chi connectivity index (χ1) is 12.7. The van der Waals surface area contributed by atoms with E-state index in [1.54, 1.807) is 18.2 Å². The van der Waals surface area contributed by atoms with Gasteiger partial charge in [0.2, 0.25) is 6.79 Å². The van der Waals surface area contributed by atoms with Crippen LogP contribution in [0.5, 0.6) is 17.2 Å². The van der Waals surface area contributed by atoms with Gasteiger partial charge in [0.1, 0.15) is 11.4 Å². The lowest BCUT2D eigenvalue weighted by Gasteiger charge is -2.14. The smallest absolute Gasteiger partial charge is 0.281 e. The highest BCUT2D eigenvalue weighted by Crippen LogP contribution is 2.33. The lowest BCUT2D eigenvalue weighted by Crippen LogP contribution is -2.30. The second kappa shape index (κ2) is 6.68. The van der Waals surface area contributed by atoms with Crippen molar-refractivity contribution < 1.29 is 19.0 Å². The van der Waals surface area contributed by atoms with Gasteiger partial charge in [0.05, 0.1) is 12.3 Å². The maximum Gasteiger partial charge on any atom is 0.281 e. The molecule has 26 heavy (non-hydrogen) atoms. The molecule has 0 spiro atoms. The van der Waals surface area contributed by atoms with Gasteiger partial charge < -0.3 is 19.5 Å². The van der Waals surface area contributed by atoms with Crippen LogP contribution in [0.15, 0.2) is 48.2 Å². The van der Waals surface area contributed by atoms with Crippen LogP contribution >= 0.6 is 12.2 Å². The number of anilines is 1. The molecule has 1 saturated heterocycles. The number of thiocarbonyl (C=S) groups is 1. The fourth-order valence-corrected chi connectivity index (χ4v) is 3.10. The van der Waals surface area contributed by atoms with Gasteiger partial charge in [-0.3, -0.25) is 9.69 Å². The molecule has 1 amide bonds. The first kappa shape index (κ1) is 16.4. The van der Waals surface area contributed by atoms with Gasteiger partial charge in [-0.1, -0.05) is 6.07 Å². The topological polar surface area (TPSA) is 60.0 Å². The van der Waals surface area contributed by atoms with E-state index in [1.165, 1.54) is 4.90 Å². The van der Waals surface area contributed by atoms with E-state index in [-0.39, 0.29) is 12.7 Å². The number of amides is 1. The number of carbonyl (C=O) groups excluding carboxylic acids is 1. The summed E-state index contributed by atoms with van der Waals surface area (Å²) in [5, 5.41) is 3.31. The Kier molecular flexibility index (Phi) is 4.22. The van der Waals surface area contributed by atoms with Gasteiger partial charge in [-0.15, -0.1) is 0 Å². The third kappa shape index (κ3) is 2.97. The Morgan fingerprint density at radius 2 is 1.96 bits per heavy atom. The molecule has 0 aromatic heterocycles. The molecule has 2 heterocycles. The molecule has 6 nitrogen and oxygen atoms in total. The first-order valence-corrected chi connectivity index (χ1v) is 8.56. The molecular formula is C19H16N2O4S. The van der Waals surface area contributed by atoms with Crippen LogP contribution in [0.25, 0.3) is 6.08 Å². The number of hydrogen-bond acceptors (Lipinski definition) is 5. The molecule has 2 aromatic rings. The SMILES string of the molecule is CCOc1ccc(N2C(=O)C(=Cc3ccc4c(c3)OCO4)NC2=S)cc1. The Morgan fingerprint density at radius 3 is 2.73 bits per heavy atom. The van der Waals surface area contributed by atoms with Crippen molar-refractivity contribution in [3.05, 3.63) is 53.7 Å². The van der Waals surface area contributed by atoms with E-state index in [9.17, 15) is 4.79 Å². The van der Waals surface area contributed by atoms with Crippen LogP contribution < -0.4 is 24.4 Å². The summed E-state index contributed by atoms with van der Waals surface area (Å²) in [5.74, 6) is 1.90. The van der Waals surface area contributed by atoms with E-state index in [1.807, 2.05) is 37.3 Å². The molecule has 0 radical (unpaired) electrons. The lowest BCUT2D eigenvalue weighted by atomic mass is 10.1. The van der Waals surface area contributed by atoms with Crippen molar-refractivity contribution in [3.8, 4) is 17.2 Å². The minimum absolute atomic E-state index is 0.210. The normalized spacial score (nSPS) is 17.0. The summed E-state index contributed by atoms with van der Waals surface area (Å²) >= 11 is 5.33. The van der Waals surface area contributed by atoms with Gasteiger partial charge >= 0.3 is 0 Å². The zero-order valence-corrected chi connectivity index (χ0v) is 14.8. The van der Waals surface area contributed by atoms with E-state index >= 15 is 0 Å². The van der Waals surface area contributed by atoms with E-state index < -0.39 is 0 Å². The van der Waals surface area contributed by atoms with Crippen molar-refractivity contribution in [3.63, 3.8) is 0 Å². The van der Waals surface area contributed by atoms with Gasteiger partial charge in [-0.2, -0.15) is 0 Å². The Bertz CT molecular complexity index is 908. The van der Waals surface area contributed by atoms with Crippen molar-refractivity contribution in [2.75, 3.05) is 18.3 Å². The predicted molar refractivity (Wildman–Crippen MR) is 101 cm³/mol. The minimum atomic E-state index is -0.211. The Labute approximate surface area is 156 Å². The number of nitrogens with zero attached hydrogens (tertiary/aromatic N) is 1. The van der Waals surface area contributed by atoms with Crippen molar-refractivity contribution in [2.45, 2.75) is 6.92 Å². The highest BCUT2D eigenvalue weighted by Gasteiger charge is 2.32. The van der Waals surface area contributed by atoms with Gasteiger partial charge in [-0.25, -0.2) is 0 Å². The van der Waals surface area contributed by atoms with Crippen LogP contribution in [0, 0.1) is 0 Å². The van der Waals surface area contributed by atoms with E-state index in [2.05, 4.69) is 5.32 Å². The van der Waals surface area contributed by atoms with Gasteiger partial charge in [0.15, 0.2) is 16.6 Å². The summed E-state index contributed by atoms with van der Waals surface area (Å²) < 4.78 is 16.1. The third-order valence-corrected chi connectivity index (χ3v) is 4.28. The Morgan fingerprint density at radius 1 is 1.19 bits per heavy atom. The molecule has 0 unspecified atom stereocenters. The van der Waals surface area contributed by atoms with E-state index in [4.69, 9.17) is 26.4 Å². The molecule has 2 aliphatic heterocycles. The fourth-order valence-electron chi connectivity index (χ4n) is 2.80. The second-order valence-electron chi connectivity index (χ2n) is 5.67. The summed E-state index contributed by atoms with van der Waals surface area (Å²) in [7, 11) is 0. The molecule has 0 atom stereocenters. The molecule has 2 aromatic carbocycles. The minimum Gasteiger partial charge on any atom is -0.494 e. The van der Waals surface area contributed by atoms with Crippen LogP contribution in [0.4, 0.5) is 5.69 Å². The number of fused-ring (bicyclic) bond motifs is 1. The molecule has 4 rings (SSSR count). The number of ether oxygens (including phenoxy) is 3. The molecule has 2 aliphatic rings. The average molecular weight is 368 g/mol. The molecule has 132 valence electrons. The van der Waals surface area contributed by atoms with Crippen molar-refractivity contribution >= 4 is 35.0 Å². The predicted octanol–water partition coefficient (Wildman–Crippen LogP) is 3.08. The highest BCUT2D eigenvalue weighted by molar-refractivity contribution is 7.80. The van der Waals surface area contributed by atoms with Crippen LogP contribution in [-0.4, -0.2) is 24.4 Å². The van der Waals surface area contributed by atoms with Crippen LogP contribution in [0.3, 0.4) is 0 Å². The molecular weight excluding hydrogens is 352 g/mol. The van der Waals surface area contributed by atoms with Crippen LogP contribution in [0.2, 0.25) is 0 Å². The zero-order chi connectivity index (χ0) is 18.1. The molecule has 0 aliphatic carbocycles. The summed E-state index contributed by atoms with van der Waals surface area (Å²) in [6, 6.07) is 12.7. The monoisotopic (exact) mass is 368 g/mol. The van der Waals surface area contributed by atoms with Gasteiger partial charge in [-0.05, 0) is 67.2 Å². The average Bonchev–Trinajstić information content (AvgIpc) is 3.20. The number of rotatable bonds is 4. The van der Waals surface area contributed by atoms with E-state index in [0.29, 0.717) is 34.6 Å². The van der Waals surface area contributed by atoms with Crippen molar-refractivity contribution in [1.29, 1.82) is 0 Å². The number of hydrogen-bond donors (Lipinski definition) is 1. The quantitative estimate of drug-likeness (QED) is 0.661. The Hall–Kier alpha value is -3.06. The lowest BCUT2D eigenvalue weighted by molar-refractivity contribution is -0.113. The number of nitrogens with one attached hydrogen (secondary N) is 1. The fraction of sp³-hybridized carbons (Fsp3) is 0.158. The molecule has 0 saturated carbocycles. The molecule has 1 fully saturated rings. The molecule has 1 N–H and O–H groups in total.